The predicted molar refractivity (Wildman–Crippen MR) is 78.0 cm³/mol. The molecule has 1 fully saturated rings. The molecule has 1 unspecified atom stereocenters. The number of hydrogen-bond acceptors (Lipinski definition) is 1. The molecule has 0 aliphatic heterocycles. The van der Waals surface area contributed by atoms with Gasteiger partial charge in [0.25, 0.3) is 0 Å². The highest BCUT2D eigenvalue weighted by molar-refractivity contribution is 5.53. The Labute approximate surface area is 114 Å². The Balaban J connectivity index is 2.18. The largest absolute Gasteiger partial charge is 0.395 e. The lowest BCUT2D eigenvalue weighted by Crippen LogP contribution is -2.21. The van der Waals surface area contributed by atoms with Crippen molar-refractivity contribution in [3.63, 3.8) is 0 Å². The van der Waals surface area contributed by atoms with Gasteiger partial charge in [-0.25, -0.2) is 0 Å². The van der Waals surface area contributed by atoms with Crippen LogP contribution in [0.2, 0.25) is 0 Å². The topological polar surface area (TPSA) is 20.2 Å². The van der Waals surface area contributed by atoms with Crippen molar-refractivity contribution in [3.8, 4) is 0 Å². The van der Waals surface area contributed by atoms with Crippen LogP contribution in [0.25, 0.3) is 0 Å². The van der Waals surface area contributed by atoms with Crippen molar-refractivity contribution in [1.29, 1.82) is 0 Å². The Morgan fingerprint density at radius 3 is 1.74 bits per heavy atom. The van der Waals surface area contributed by atoms with E-state index in [-0.39, 0.29) is 17.4 Å². The maximum atomic E-state index is 9.84. The van der Waals surface area contributed by atoms with E-state index in [2.05, 4.69) is 55.1 Å². The quantitative estimate of drug-likeness (QED) is 0.823. The molecule has 0 amide bonds. The lowest BCUT2D eigenvalue weighted by Gasteiger charge is -2.23. The molecule has 0 aromatic heterocycles. The number of hydrogen-bond donors (Lipinski definition) is 1. The second-order valence-electron chi connectivity index (χ2n) is 5.33. The molecule has 2 aromatic rings. The van der Waals surface area contributed by atoms with Gasteiger partial charge in [0.05, 0.1) is 6.61 Å². The summed E-state index contributed by atoms with van der Waals surface area (Å²) in [6.45, 7) is 4.09. The molecule has 3 rings (SSSR count). The van der Waals surface area contributed by atoms with Gasteiger partial charge in [0.15, 0.2) is 0 Å². The number of aliphatic hydroxyl groups is 1. The average molecular weight is 250 g/mol. The summed E-state index contributed by atoms with van der Waals surface area (Å²) in [5, 5.41) is 9.84. The summed E-state index contributed by atoms with van der Waals surface area (Å²) in [7, 11) is 0. The van der Waals surface area contributed by atoms with Gasteiger partial charge >= 0.3 is 0 Å². The highest BCUT2D eigenvalue weighted by Gasteiger charge is 2.66. The van der Waals surface area contributed by atoms with Gasteiger partial charge < -0.3 is 5.11 Å². The molecule has 0 spiro atoms. The van der Waals surface area contributed by atoms with Crippen LogP contribution in [0, 0.1) is 5.41 Å². The fourth-order valence-corrected chi connectivity index (χ4v) is 3.32. The van der Waals surface area contributed by atoms with E-state index in [0.717, 1.165) is 6.42 Å². The van der Waals surface area contributed by atoms with Gasteiger partial charge in [-0.15, -0.1) is 6.58 Å². The number of aliphatic hydroxyl groups excluding tert-OH is 1. The molecule has 1 aliphatic carbocycles. The first-order chi connectivity index (χ1) is 9.29. The zero-order valence-corrected chi connectivity index (χ0v) is 10.9. The molecule has 0 saturated heterocycles. The molecule has 0 radical (unpaired) electrons. The molecule has 1 nitrogen and oxygen atoms in total. The SMILES string of the molecule is C=CC1(CO)CC1(c1ccccc1)c1ccccc1. The van der Waals surface area contributed by atoms with Crippen LogP contribution >= 0.6 is 0 Å². The van der Waals surface area contributed by atoms with E-state index in [4.69, 9.17) is 0 Å². The molecular formula is C18H18O. The smallest absolute Gasteiger partial charge is 0.0534 e. The van der Waals surface area contributed by atoms with E-state index in [1.54, 1.807) is 0 Å². The molecule has 1 aliphatic rings. The average Bonchev–Trinajstić information content (AvgIpc) is 3.20. The predicted octanol–water partition coefficient (Wildman–Crippen LogP) is 3.54. The van der Waals surface area contributed by atoms with E-state index in [1.165, 1.54) is 11.1 Å². The van der Waals surface area contributed by atoms with Crippen LogP contribution in [-0.2, 0) is 5.41 Å². The lowest BCUT2D eigenvalue weighted by atomic mass is 9.80. The highest BCUT2D eigenvalue weighted by Crippen LogP contribution is 2.68. The zero-order chi connectivity index (χ0) is 13.3. The summed E-state index contributed by atoms with van der Waals surface area (Å²) in [6, 6.07) is 20.9. The van der Waals surface area contributed by atoms with Crippen molar-refractivity contribution in [2.24, 2.45) is 5.41 Å². The van der Waals surface area contributed by atoms with Gasteiger partial charge in [0.1, 0.15) is 0 Å². The summed E-state index contributed by atoms with van der Waals surface area (Å²) in [5.41, 5.74) is 2.17. The summed E-state index contributed by atoms with van der Waals surface area (Å²) in [4.78, 5) is 0. The second kappa shape index (κ2) is 4.36. The Hall–Kier alpha value is -1.86. The van der Waals surface area contributed by atoms with Crippen molar-refractivity contribution >= 4 is 0 Å². The number of rotatable bonds is 4. The highest BCUT2D eigenvalue weighted by atomic mass is 16.3. The van der Waals surface area contributed by atoms with E-state index in [1.807, 2.05) is 18.2 Å². The molecule has 0 heterocycles. The molecule has 1 atom stereocenters. The Morgan fingerprint density at radius 1 is 0.947 bits per heavy atom. The molecule has 0 bridgehead atoms. The minimum atomic E-state index is -0.226. The minimum absolute atomic E-state index is 0.119. The van der Waals surface area contributed by atoms with Crippen LogP contribution in [0.3, 0.4) is 0 Å². The number of benzene rings is 2. The van der Waals surface area contributed by atoms with Gasteiger partial charge in [-0.2, -0.15) is 0 Å². The first kappa shape index (κ1) is 12.2. The normalized spacial score (nSPS) is 23.8. The fourth-order valence-electron chi connectivity index (χ4n) is 3.32. The maximum Gasteiger partial charge on any atom is 0.0534 e. The lowest BCUT2D eigenvalue weighted by molar-refractivity contribution is 0.229. The molecule has 1 saturated carbocycles. The summed E-state index contributed by atoms with van der Waals surface area (Å²) in [5.74, 6) is 0. The van der Waals surface area contributed by atoms with E-state index in [9.17, 15) is 5.11 Å². The Bertz CT molecular complexity index is 534. The standard InChI is InChI=1S/C18H18O/c1-2-17(14-19)13-18(17,15-9-5-3-6-10-15)16-11-7-4-8-12-16/h2-12,19H,1,13-14H2. The summed E-state index contributed by atoms with van der Waals surface area (Å²) in [6.07, 6.45) is 2.85. The molecule has 19 heavy (non-hydrogen) atoms. The van der Waals surface area contributed by atoms with Crippen molar-refractivity contribution in [3.05, 3.63) is 84.4 Å². The van der Waals surface area contributed by atoms with Crippen LogP contribution in [0.15, 0.2) is 73.3 Å². The summed E-state index contributed by atoms with van der Waals surface area (Å²) >= 11 is 0. The molecule has 96 valence electrons. The van der Waals surface area contributed by atoms with Crippen molar-refractivity contribution in [2.45, 2.75) is 11.8 Å². The molecule has 1 N–H and O–H groups in total. The minimum Gasteiger partial charge on any atom is -0.395 e. The molecular weight excluding hydrogens is 232 g/mol. The third-order valence-corrected chi connectivity index (χ3v) is 4.51. The van der Waals surface area contributed by atoms with E-state index >= 15 is 0 Å². The van der Waals surface area contributed by atoms with Crippen molar-refractivity contribution in [2.75, 3.05) is 6.61 Å². The van der Waals surface area contributed by atoms with E-state index < -0.39 is 0 Å². The maximum absolute atomic E-state index is 9.84. The van der Waals surface area contributed by atoms with Crippen molar-refractivity contribution in [1.82, 2.24) is 0 Å². The van der Waals surface area contributed by atoms with Crippen molar-refractivity contribution < 1.29 is 5.11 Å². The fraction of sp³-hybridized carbons (Fsp3) is 0.222. The summed E-state index contributed by atoms with van der Waals surface area (Å²) < 4.78 is 0. The van der Waals surface area contributed by atoms with Gasteiger partial charge in [-0.3, -0.25) is 0 Å². The monoisotopic (exact) mass is 250 g/mol. The van der Waals surface area contributed by atoms with Gasteiger partial charge in [-0.05, 0) is 17.5 Å². The van der Waals surface area contributed by atoms with Gasteiger partial charge in [-0.1, -0.05) is 66.7 Å². The van der Waals surface area contributed by atoms with Crippen LogP contribution < -0.4 is 0 Å². The Kier molecular flexibility index (Phi) is 2.79. The Morgan fingerprint density at radius 2 is 1.42 bits per heavy atom. The second-order valence-corrected chi connectivity index (χ2v) is 5.33. The van der Waals surface area contributed by atoms with E-state index in [0.29, 0.717) is 0 Å². The molecule has 2 aromatic carbocycles. The third-order valence-electron chi connectivity index (χ3n) is 4.51. The van der Waals surface area contributed by atoms with Crippen LogP contribution in [0.5, 0.6) is 0 Å². The van der Waals surface area contributed by atoms with Crippen LogP contribution in [0.1, 0.15) is 17.5 Å². The molecule has 1 heteroatoms. The van der Waals surface area contributed by atoms with Crippen LogP contribution in [-0.4, -0.2) is 11.7 Å². The zero-order valence-electron chi connectivity index (χ0n) is 10.9. The van der Waals surface area contributed by atoms with Crippen LogP contribution in [0.4, 0.5) is 0 Å². The van der Waals surface area contributed by atoms with Gasteiger partial charge in [0, 0.05) is 10.8 Å². The van der Waals surface area contributed by atoms with Gasteiger partial charge in [0.2, 0.25) is 0 Å². The third kappa shape index (κ3) is 1.58. The first-order valence-electron chi connectivity index (χ1n) is 6.65. The first-order valence-corrected chi connectivity index (χ1v) is 6.65.